The highest BCUT2D eigenvalue weighted by atomic mass is 16.3. The average molecular weight is 266 g/mol. The second-order valence-corrected chi connectivity index (χ2v) is 6.91. The van der Waals surface area contributed by atoms with E-state index in [0.29, 0.717) is 6.54 Å². The van der Waals surface area contributed by atoms with Crippen LogP contribution in [0.25, 0.3) is 0 Å². The van der Waals surface area contributed by atoms with Gasteiger partial charge in [-0.2, -0.15) is 0 Å². The van der Waals surface area contributed by atoms with Gasteiger partial charge < -0.3 is 15.7 Å². The number of fused-ring (bicyclic) bond motifs is 2. The van der Waals surface area contributed by atoms with Gasteiger partial charge in [0.2, 0.25) is 0 Å². The zero-order valence-corrected chi connectivity index (χ0v) is 11.7. The summed E-state index contributed by atoms with van der Waals surface area (Å²) in [6.07, 6.45) is 9.50. The molecular formula is C15H26N2O2. The lowest BCUT2D eigenvalue weighted by atomic mass is 9.80. The van der Waals surface area contributed by atoms with Crippen LogP contribution in [0.2, 0.25) is 0 Å². The molecule has 0 aromatic heterocycles. The first-order chi connectivity index (χ1) is 9.15. The summed E-state index contributed by atoms with van der Waals surface area (Å²) in [7, 11) is 0. The Balaban J connectivity index is 1.28. The minimum Gasteiger partial charge on any atom is -0.388 e. The van der Waals surface area contributed by atoms with E-state index in [-0.39, 0.29) is 6.03 Å². The van der Waals surface area contributed by atoms with E-state index < -0.39 is 5.60 Å². The fourth-order valence-corrected chi connectivity index (χ4v) is 4.17. The molecule has 3 N–H and O–H groups in total. The molecule has 0 spiro atoms. The minimum absolute atomic E-state index is 0.122. The molecule has 4 nitrogen and oxygen atoms in total. The summed E-state index contributed by atoms with van der Waals surface area (Å²) >= 11 is 0. The number of amides is 2. The van der Waals surface area contributed by atoms with Crippen molar-refractivity contribution in [2.45, 2.75) is 57.0 Å². The van der Waals surface area contributed by atoms with Gasteiger partial charge in [0.15, 0.2) is 0 Å². The third-order valence-corrected chi connectivity index (χ3v) is 5.55. The molecule has 3 unspecified atom stereocenters. The second-order valence-electron chi connectivity index (χ2n) is 6.91. The summed E-state index contributed by atoms with van der Waals surface area (Å²) in [5, 5.41) is 15.6. The molecule has 19 heavy (non-hydrogen) atoms. The lowest BCUT2D eigenvalue weighted by molar-refractivity contribution is -0.0290. The number of hydrogen-bond donors (Lipinski definition) is 3. The molecule has 2 amide bonds. The number of aliphatic hydroxyl groups is 1. The van der Waals surface area contributed by atoms with E-state index in [9.17, 15) is 9.90 Å². The Bertz CT molecular complexity index is 341. The molecule has 3 fully saturated rings. The Morgan fingerprint density at radius 1 is 1.21 bits per heavy atom. The van der Waals surface area contributed by atoms with Crippen LogP contribution in [0.3, 0.4) is 0 Å². The van der Waals surface area contributed by atoms with Crippen LogP contribution < -0.4 is 10.6 Å². The summed E-state index contributed by atoms with van der Waals surface area (Å²) in [5.74, 6) is 2.76. The molecule has 3 saturated carbocycles. The normalized spacial score (nSPS) is 34.9. The number of urea groups is 1. The van der Waals surface area contributed by atoms with Crippen molar-refractivity contribution in [1.82, 2.24) is 10.6 Å². The monoisotopic (exact) mass is 266 g/mol. The van der Waals surface area contributed by atoms with E-state index in [1.165, 1.54) is 25.7 Å². The predicted molar refractivity (Wildman–Crippen MR) is 73.8 cm³/mol. The Labute approximate surface area is 115 Å². The van der Waals surface area contributed by atoms with Crippen LogP contribution in [0.1, 0.15) is 51.4 Å². The number of rotatable bonds is 5. The van der Waals surface area contributed by atoms with Crippen LogP contribution >= 0.6 is 0 Å². The summed E-state index contributed by atoms with van der Waals surface area (Å²) in [5.41, 5.74) is -0.623. The Morgan fingerprint density at radius 3 is 2.63 bits per heavy atom. The topological polar surface area (TPSA) is 61.4 Å². The van der Waals surface area contributed by atoms with E-state index in [1.807, 2.05) is 0 Å². The first-order valence-electron chi connectivity index (χ1n) is 7.89. The molecule has 4 heteroatoms. The summed E-state index contributed by atoms with van der Waals surface area (Å²) in [6.45, 7) is 1.17. The third-order valence-electron chi connectivity index (χ3n) is 5.55. The van der Waals surface area contributed by atoms with Crippen LogP contribution in [-0.2, 0) is 0 Å². The van der Waals surface area contributed by atoms with Gasteiger partial charge in [0.25, 0.3) is 0 Å². The number of nitrogens with one attached hydrogen (secondary N) is 2. The molecule has 3 rings (SSSR count). The Morgan fingerprint density at radius 2 is 2.05 bits per heavy atom. The van der Waals surface area contributed by atoms with Crippen molar-refractivity contribution in [3.63, 3.8) is 0 Å². The highest BCUT2D eigenvalue weighted by Gasteiger charge is 2.39. The maximum atomic E-state index is 11.6. The van der Waals surface area contributed by atoms with E-state index in [4.69, 9.17) is 0 Å². The van der Waals surface area contributed by atoms with E-state index in [1.54, 1.807) is 0 Å². The van der Waals surface area contributed by atoms with Crippen molar-refractivity contribution in [1.29, 1.82) is 0 Å². The van der Waals surface area contributed by atoms with Gasteiger partial charge in [-0.15, -0.1) is 0 Å². The zero-order chi connectivity index (χ0) is 13.3. The molecule has 0 radical (unpaired) electrons. The van der Waals surface area contributed by atoms with Gasteiger partial charge in [0.05, 0.1) is 5.60 Å². The van der Waals surface area contributed by atoms with Crippen molar-refractivity contribution < 1.29 is 9.90 Å². The highest BCUT2D eigenvalue weighted by molar-refractivity contribution is 5.73. The van der Waals surface area contributed by atoms with Crippen molar-refractivity contribution >= 4 is 6.03 Å². The molecule has 3 atom stereocenters. The van der Waals surface area contributed by atoms with Crippen LogP contribution in [0.4, 0.5) is 4.79 Å². The molecular weight excluding hydrogens is 240 g/mol. The number of hydrogen-bond acceptors (Lipinski definition) is 2. The van der Waals surface area contributed by atoms with Gasteiger partial charge >= 0.3 is 6.03 Å². The maximum absolute atomic E-state index is 11.6. The molecule has 0 aliphatic heterocycles. The van der Waals surface area contributed by atoms with Crippen molar-refractivity contribution in [3.05, 3.63) is 0 Å². The smallest absolute Gasteiger partial charge is 0.314 e. The van der Waals surface area contributed by atoms with Crippen LogP contribution in [0.15, 0.2) is 0 Å². The molecule has 3 aliphatic carbocycles. The largest absolute Gasteiger partial charge is 0.388 e. The first kappa shape index (κ1) is 13.2. The summed E-state index contributed by atoms with van der Waals surface area (Å²) in [4.78, 5) is 11.6. The van der Waals surface area contributed by atoms with Crippen LogP contribution in [0, 0.1) is 17.8 Å². The van der Waals surface area contributed by atoms with Gasteiger partial charge in [-0.25, -0.2) is 4.79 Å². The highest BCUT2D eigenvalue weighted by Crippen LogP contribution is 2.49. The molecule has 0 heterocycles. The SMILES string of the molecule is O=C(NCCC1CC2CCC1C2)NCC1(O)CCC1. The number of carbonyl (C=O) groups is 1. The molecule has 3 aliphatic rings. The van der Waals surface area contributed by atoms with Gasteiger partial charge in [0.1, 0.15) is 0 Å². The maximum Gasteiger partial charge on any atom is 0.314 e. The van der Waals surface area contributed by atoms with Gasteiger partial charge in [-0.3, -0.25) is 0 Å². The molecule has 0 aromatic rings. The lowest BCUT2D eigenvalue weighted by Crippen LogP contribution is -2.50. The van der Waals surface area contributed by atoms with Crippen molar-refractivity contribution in [2.24, 2.45) is 17.8 Å². The Kier molecular flexibility index (Phi) is 3.70. The van der Waals surface area contributed by atoms with Crippen molar-refractivity contribution in [2.75, 3.05) is 13.1 Å². The van der Waals surface area contributed by atoms with Gasteiger partial charge in [-0.1, -0.05) is 6.42 Å². The summed E-state index contributed by atoms with van der Waals surface area (Å²) < 4.78 is 0. The average Bonchev–Trinajstić information content (AvgIpc) is 2.96. The first-order valence-corrected chi connectivity index (χ1v) is 7.89. The van der Waals surface area contributed by atoms with Gasteiger partial charge in [-0.05, 0) is 62.7 Å². The van der Waals surface area contributed by atoms with Crippen LogP contribution in [-0.4, -0.2) is 29.8 Å². The van der Waals surface area contributed by atoms with E-state index in [2.05, 4.69) is 10.6 Å². The molecule has 0 aromatic carbocycles. The quantitative estimate of drug-likeness (QED) is 0.713. The predicted octanol–water partition coefficient (Wildman–Crippen LogP) is 2.03. The summed E-state index contributed by atoms with van der Waals surface area (Å²) in [6, 6.07) is -0.122. The Hall–Kier alpha value is -0.770. The van der Waals surface area contributed by atoms with E-state index >= 15 is 0 Å². The fourth-order valence-electron chi connectivity index (χ4n) is 4.17. The molecule has 2 bridgehead atoms. The zero-order valence-electron chi connectivity index (χ0n) is 11.7. The lowest BCUT2D eigenvalue weighted by Gasteiger charge is -2.36. The molecule has 108 valence electrons. The fraction of sp³-hybridized carbons (Fsp3) is 0.933. The minimum atomic E-state index is -0.623. The number of carbonyl (C=O) groups excluding carboxylic acids is 1. The van der Waals surface area contributed by atoms with E-state index in [0.717, 1.165) is 50.0 Å². The van der Waals surface area contributed by atoms with Crippen molar-refractivity contribution in [3.8, 4) is 0 Å². The second kappa shape index (κ2) is 5.31. The standard InChI is InChI=1S/C15H26N2O2/c18-14(17-10-15(19)5-1-6-15)16-7-4-13-9-11-2-3-12(13)8-11/h11-13,19H,1-10H2,(H2,16,17,18). The third kappa shape index (κ3) is 3.04. The van der Waals surface area contributed by atoms with Crippen LogP contribution in [0.5, 0.6) is 0 Å². The van der Waals surface area contributed by atoms with Gasteiger partial charge in [0, 0.05) is 13.1 Å². The molecule has 0 saturated heterocycles.